The number of H-pyrrole nitrogens is 1. The second-order valence-corrected chi connectivity index (χ2v) is 4.22. The van der Waals surface area contributed by atoms with Crippen LogP contribution < -0.4 is 5.32 Å². The topological polar surface area (TPSA) is 70.7 Å². The van der Waals surface area contributed by atoms with Crippen LogP contribution in [0.5, 0.6) is 0 Å². The zero-order valence-corrected chi connectivity index (χ0v) is 9.49. The first-order chi connectivity index (χ1) is 8.33. The normalized spacial score (nSPS) is 10.6. The number of aromatic nitrogens is 3. The number of rotatable bonds is 2. The summed E-state index contributed by atoms with van der Waals surface area (Å²) in [4.78, 5) is 15.7. The van der Waals surface area contributed by atoms with E-state index < -0.39 is 0 Å². The van der Waals surface area contributed by atoms with E-state index in [4.69, 9.17) is 0 Å². The third-order valence-corrected chi connectivity index (χ3v) is 2.95. The predicted octanol–water partition coefficient (Wildman–Crippen LogP) is 2.27. The van der Waals surface area contributed by atoms with E-state index >= 15 is 0 Å². The van der Waals surface area contributed by atoms with Crippen LogP contribution in [0.15, 0.2) is 35.3 Å². The van der Waals surface area contributed by atoms with Gasteiger partial charge in [-0.2, -0.15) is 5.10 Å². The van der Waals surface area contributed by atoms with Crippen molar-refractivity contribution in [2.75, 3.05) is 5.32 Å². The first-order valence-corrected chi connectivity index (χ1v) is 5.90. The largest absolute Gasteiger partial charge is 0.321 e. The minimum atomic E-state index is -0.204. The van der Waals surface area contributed by atoms with E-state index in [9.17, 15) is 4.79 Å². The van der Waals surface area contributed by atoms with Crippen LogP contribution in [0.3, 0.4) is 0 Å². The van der Waals surface area contributed by atoms with E-state index in [1.807, 2.05) is 18.2 Å². The summed E-state index contributed by atoms with van der Waals surface area (Å²) >= 11 is 1.39. The van der Waals surface area contributed by atoms with Gasteiger partial charge in [-0.05, 0) is 18.2 Å². The van der Waals surface area contributed by atoms with Gasteiger partial charge in [-0.15, -0.1) is 11.3 Å². The second-order valence-electron chi connectivity index (χ2n) is 3.50. The van der Waals surface area contributed by atoms with Crippen molar-refractivity contribution < 1.29 is 4.79 Å². The lowest BCUT2D eigenvalue weighted by Crippen LogP contribution is -2.11. The lowest BCUT2D eigenvalue weighted by molar-refractivity contribution is 0.102. The molecule has 2 N–H and O–H groups in total. The summed E-state index contributed by atoms with van der Waals surface area (Å²) in [5.41, 5.74) is 3.67. The van der Waals surface area contributed by atoms with Gasteiger partial charge in [0.15, 0.2) is 0 Å². The van der Waals surface area contributed by atoms with E-state index in [-0.39, 0.29) is 5.91 Å². The Balaban J connectivity index is 1.87. The average Bonchev–Trinajstić information content (AvgIpc) is 2.99. The molecule has 0 aliphatic carbocycles. The zero-order chi connectivity index (χ0) is 11.7. The van der Waals surface area contributed by atoms with E-state index in [1.165, 1.54) is 11.3 Å². The van der Waals surface area contributed by atoms with Crippen molar-refractivity contribution in [2.45, 2.75) is 0 Å². The van der Waals surface area contributed by atoms with Crippen LogP contribution in [0.4, 0.5) is 5.69 Å². The van der Waals surface area contributed by atoms with Gasteiger partial charge in [0.25, 0.3) is 5.91 Å². The first-order valence-electron chi connectivity index (χ1n) is 4.95. The molecule has 0 aliphatic heterocycles. The number of fused-ring (bicyclic) bond motifs is 1. The molecular formula is C11H8N4OS. The molecule has 1 aromatic carbocycles. The predicted molar refractivity (Wildman–Crippen MR) is 66.2 cm³/mol. The van der Waals surface area contributed by atoms with Crippen LogP contribution in [-0.2, 0) is 0 Å². The van der Waals surface area contributed by atoms with Gasteiger partial charge < -0.3 is 5.32 Å². The highest BCUT2D eigenvalue weighted by atomic mass is 32.1. The standard InChI is InChI=1S/C11H8N4OS/c16-11(10-5-17-6-12-10)14-8-2-1-7-4-13-15-9(7)3-8/h1-6H,(H,13,15)(H,14,16). The number of hydrogen-bond acceptors (Lipinski definition) is 4. The van der Waals surface area contributed by atoms with Gasteiger partial charge in [0.1, 0.15) is 5.69 Å². The maximum Gasteiger partial charge on any atom is 0.275 e. The van der Waals surface area contributed by atoms with Crippen molar-refractivity contribution in [3.8, 4) is 0 Å². The molecule has 2 aromatic heterocycles. The van der Waals surface area contributed by atoms with E-state index in [0.717, 1.165) is 16.6 Å². The number of anilines is 1. The number of nitrogens with zero attached hydrogens (tertiary/aromatic N) is 2. The summed E-state index contributed by atoms with van der Waals surface area (Å²) in [7, 11) is 0. The molecule has 3 rings (SSSR count). The molecule has 17 heavy (non-hydrogen) atoms. The summed E-state index contributed by atoms with van der Waals surface area (Å²) in [6.45, 7) is 0. The summed E-state index contributed by atoms with van der Waals surface area (Å²) in [6, 6.07) is 5.57. The molecule has 0 spiro atoms. The number of thiazole rings is 1. The number of nitrogens with one attached hydrogen (secondary N) is 2. The Morgan fingerprint density at radius 2 is 2.35 bits per heavy atom. The highest BCUT2D eigenvalue weighted by molar-refractivity contribution is 7.07. The summed E-state index contributed by atoms with van der Waals surface area (Å²) < 4.78 is 0. The molecule has 0 saturated carbocycles. The lowest BCUT2D eigenvalue weighted by Gasteiger charge is -2.02. The van der Waals surface area contributed by atoms with Gasteiger partial charge in [-0.25, -0.2) is 4.98 Å². The molecule has 3 aromatic rings. The van der Waals surface area contributed by atoms with Gasteiger partial charge in [0, 0.05) is 16.5 Å². The molecule has 0 atom stereocenters. The molecule has 6 heteroatoms. The van der Waals surface area contributed by atoms with Crippen molar-refractivity contribution in [3.05, 3.63) is 41.0 Å². The minimum absolute atomic E-state index is 0.204. The number of amides is 1. The SMILES string of the molecule is O=C(Nc1ccc2cn[nH]c2c1)c1cscn1. The molecule has 84 valence electrons. The first kappa shape index (κ1) is 9.98. The summed E-state index contributed by atoms with van der Waals surface area (Å²) in [5, 5.41) is 12.3. The van der Waals surface area contributed by atoms with Gasteiger partial charge in [-0.3, -0.25) is 9.89 Å². The van der Waals surface area contributed by atoms with E-state index in [2.05, 4.69) is 20.5 Å². The molecule has 0 saturated heterocycles. The average molecular weight is 244 g/mol. The fourth-order valence-corrected chi connectivity index (χ4v) is 2.07. The molecule has 1 amide bonds. The number of benzene rings is 1. The maximum atomic E-state index is 11.8. The van der Waals surface area contributed by atoms with E-state index in [0.29, 0.717) is 5.69 Å². The summed E-state index contributed by atoms with van der Waals surface area (Å²) in [5.74, 6) is -0.204. The van der Waals surface area contributed by atoms with Crippen molar-refractivity contribution in [3.63, 3.8) is 0 Å². The second kappa shape index (κ2) is 3.99. The van der Waals surface area contributed by atoms with Crippen molar-refractivity contribution in [2.24, 2.45) is 0 Å². The van der Waals surface area contributed by atoms with Gasteiger partial charge >= 0.3 is 0 Å². The van der Waals surface area contributed by atoms with E-state index in [1.54, 1.807) is 17.1 Å². The van der Waals surface area contributed by atoms with Crippen LogP contribution in [0.25, 0.3) is 10.9 Å². The van der Waals surface area contributed by atoms with Gasteiger partial charge in [0.2, 0.25) is 0 Å². The van der Waals surface area contributed by atoms with Gasteiger partial charge in [-0.1, -0.05) is 0 Å². The third-order valence-electron chi connectivity index (χ3n) is 2.36. The Hall–Kier alpha value is -2.21. The zero-order valence-electron chi connectivity index (χ0n) is 8.68. The molecule has 0 aliphatic rings. The molecule has 0 fully saturated rings. The van der Waals surface area contributed by atoms with Crippen molar-refractivity contribution in [1.82, 2.24) is 15.2 Å². The molecule has 0 bridgehead atoms. The fraction of sp³-hybridized carbons (Fsp3) is 0. The fourth-order valence-electron chi connectivity index (χ4n) is 1.53. The number of aromatic amines is 1. The summed E-state index contributed by atoms with van der Waals surface area (Å²) in [6.07, 6.45) is 1.74. The quantitative estimate of drug-likeness (QED) is 0.726. The monoisotopic (exact) mass is 244 g/mol. The highest BCUT2D eigenvalue weighted by Crippen LogP contribution is 2.17. The Kier molecular flexibility index (Phi) is 2.34. The molecule has 0 radical (unpaired) electrons. The van der Waals surface area contributed by atoms with Gasteiger partial charge in [0.05, 0.1) is 17.2 Å². The van der Waals surface area contributed by atoms with Crippen molar-refractivity contribution in [1.29, 1.82) is 0 Å². The molecule has 2 heterocycles. The van der Waals surface area contributed by atoms with Crippen molar-refractivity contribution >= 4 is 33.8 Å². The Bertz CT molecular complexity index is 659. The molecule has 0 unspecified atom stereocenters. The Labute approximate surface area is 101 Å². The number of hydrogen-bond donors (Lipinski definition) is 2. The Morgan fingerprint density at radius 1 is 1.41 bits per heavy atom. The minimum Gasteiger partial charge on any atom is -0.321 e. The highest BCUT2D eigenvalue weighted by Gasteiger charge is 2.08. The van der Waals surface area contributed by atoms with Crippen LogP contribution in [-0.4, -0.2) is 21.1 Å². The third kappa shape index (κ3) is 1.90. The molecule has 5 nitrogen and oxygen atoms in total. The maximum absolute atomic E-state index is 11.8. The van der Waals surface area contributed by atoms with Crippen LogP contribution in [0, 0.1) is 0 Å². The van der Waals surface area contributed by atoms with Crippen LogP contribution in [0.1, 0.15) is 10.5 Å². The molecular weight excluding hydrogens is 236 g/mol. The number of carbonyl (C=O) groups is 1. The lowest BCUT2D eigenvalue weighted by atomic mass is 10.2. The van der Waals surface area contributed by atoms with Crippen LogP contribution >= 0.6 is 11.3 Å². The number of carbonyl (C=O) groups excluding carboxylic acids is 1. The van der Waals surface area contributed by atoms with Crippen LogP contribution in [0.2, 0.25) is 0 Å². The Morgan fingerprint density at radius 3 is 3.18 bits per heavy atom. The smallest absolute Gasteiger partial charge is 0.275 e.